The Bertz CT molecular complexity index is 963. The third-order valence-corrected chi connectivity index (χ3v) is 6.19. The Labute approximate surface area is 157 Å². The molecule has 1 N–H and O–H groups in total. The van der Waals surface area contributed by atoms with Crippen LogP contribution in [0.15, 0.2) is 64.7 Å². The summed E-state index contributed by atoms with van der Waals surface area (Å²) in [5.74, 6) is -0.397. The fraction of sp³-hybridized carbons (Fsp3) is 0.211. The topological polar surface area (TPSA) is 95.9 Å². The van der Waals surface area contributed by atoms with Gasteiger partial charge in [-0.25, -0.2) is 8.42 Å². The van der Waals surface area contributed by atoms with E-state index in [0.29, 0.717) is 24.3 Å². The number of sulfonamides is 1. The van der Waals surface area contributed by atoms with Crippen LogP contribution in [0.25, 0.3) is 6.08 Å². The van der Waals surface area contributed by atoms with E-state index < -0.39 is 15.9 Å². The number of nitrogens with zero attached hydrogens (tertiary/aromatic N) is 2. The molecule has 7 nitrogen and oxygen atoms in total. The van der Waals surface area contributed by atoms with Crippen molar-refractivity contribution in [3.05, 3.63) is 65.1 Å². The van der Waals surface area contributed by atoms with Crippen molar-refractivity contribution in [1.29, 1.82) is 0 Å². The molecule has 0 unspecified atom stereocenters. The molecule has 140 valence electrons. The van der Waals surface area contributed by atoms with Crippen molar-refractivity contribution in [1.82, 2.24) is 4.31 Å². The number of amides is 1. The molecule has 1 amide bonds. The molecule has 3 rings (SSSR count). The van der Waals surface area contributed by atoms with Gasteiger partial charge in [0.2, 0.25) is 15.9 Å². The summed E-state index contributed by atoms with van der Waals surface area (Å²) in [7, 11) is -3.47. The van der Waals surface area contributed by atoms with E-state index in [-0.39, 0.29) is 10.6 Å². The van der Waals surface area contributed by atoms with Gasteiger partial charge in [0.15, 0.2) is 0 Å². The third-order valence-electron chi connectivity index (χ3n) is 4.27. The number of anilines is 1. The average molecular weight is 385 g/mol. The van der Waals surface area contributed by atoms with Crippen molar-refractivity contribution in [2.24, 2.45) is 5.18 Å². The monoisotopic (exact) mass is 385 g/mol. The molecule has 1 fully saturated rings. The van der Waals surface area contributed by atoms with E-state index >= 15 is 0 Å². The number of hydrogen-bond donors (Lipinski definition) is 1. The van der Waals surface area contributed by atoms with Gasteiger partial charge in [0.05, 0.1) is 4.90 Å². The minimum atomic E-state index is -3.47. The average Bonchev–Trinajstić information content (AvgIpc) is 3.23. The Hall–Kier alpha value is -2.84. The van der Waals surface area contributed by atoms with Crippen molar-refractivity contribution in [3.63, 3.8) is 0 Å². The highest BCUT2D eigenvalue weighted by molar-refractivity contribution is 7.89. The van der Waals surface area contributed by atoms with Crippen LogP contribution in [-0.4, -0.2) is 31.7 Å². The van der Waals surface area contributed by atoms with E-state index in [9.17, 15) is 18.1 Å². The predicted octanol–water partition coefficient (Wildman–Crippen LogP) is 3.52. The summed E-state index contributed by atoms with van der Waals surface area (Å²) >= 11 is 0. The first-order chi connectivity index (χ1) is 13.0. The molecule has 27 heavy (non-hydrogen) atoms. The molecule has 1 aliphatic rings. The summed E-state index contributed by atoms with van der Waals surface area (Å²) in [5, 5.41) is 5.56. The number of carbonyl (C=O) groups is 1. The molecule has 0 aliphatic carbocycles. The number of benzene rings is 2. The van der Waals surface area contributed by atoms with Crippen molar-refractivity contribution in [3.8, 4) is 0 Å². The van der Waals surface area contributed by atoms with Crippen LogP contribution in [0, 0.1) is 4.91 Å². The van der Waals surface area contributed by atoms with E-state index in [0.717, 1.165) is 12.8 Å². The zero-order chi connectivity index (χ0) is 19.3. The van der Waals surface area contributed by atoms with Gasteiger partial charge in [-0.3, -0.25) is 4.79 Å². The van der Waals surface area contributed by atoms with Crippen molar-refractivity contribution in [2.75, 3.05) is 18.4 Å². The second kappa shape index (κ2) is 8.24. The summed E-state index contributed by atoms with van der Waals surface area (Å²) in [6.45, 7) is 1.09. The molecular weight excluding hydrogens is 366 g/mol. The van der Waals surface area contributed by atoms with E-state index in [4.69, 9.17) is 0 Å². The molecule has 0 radical (unpaired) electrons. The van der Waals surface area contributed by atoms with Gasteiger partial charge < -0.3 is 5.32 Å². The molecule has 0 bridgehead atoms. The third kappa shape index (κ3) is 4.47. The van der Waals surface area contributed by atoms with E-state index in [2.05, 4.69) is 10.5 Å². The molecule has 0 atom stereocenters. The second-order valence-electron chi connectivity index (χ2n) is 6.11. The van der Waals surface area contributed by atoms with Crippen molar-refractivity contribution < 1.29 is 13.2 Å². The Kier molecular flexibility index (Phi) is 5.78. The fourth-order valence-electron chi connectivity index (χ4n) is 2.85. The Morgan fingerprint density at radius 1 is 1.04 bits per heavy atom. The van der Waals surface area contributed by atoms with E-state index in [1.165, 1.54) is 28.6 Å². The number of carbonyl (C=O) groups excluding carboxylic acids is 1. The largest absolute Gasteiger partial charge is 0.323 e. The number of nitrogens with one attached hydrogen (secondary N) is 1. The van der Waals surface area contributed by atoms with Crippen LogP contribution >= 0.6 is 0 Å². The minimum absolute atomic E-state index is 0.212. The SMILES string of the molecule is O=Nc1ccccc1/C=C/C(=O)Nc1ccc(S(=O)(=O)N2CCCC2)cc1. The minimum Gasteiger partial charge on any atom is -0.323 e. The van der Waals surface area contributed by atoms with Gasteiger partial charge in [0, 0.05) is 30.4 Å². The normalized spacial score (nSPS) is 15.1. The lowest BCUT2D eigenvalue weighted by Crippen LogP contribution is -2.27. The lowest BCUT2D eigenvalue weighted by Gasteiger charge is -2.15. The maximum Gasteiger partial charge on any atom is 0.248 e. The molecule has 8 heteroatoms. The zero-order valence-electron chi connectivity index (χ0n) is 14.5. The molecule has 0 spiro atoms. The van der Waals surface area contributed by atoms with Crippen LogP contribution in [0.3, 0.4) is 0 Å². The summed E-state index contributed by atoms with van der Waals surface area (Å²) in [6.07, 6.45) is 4.54. The van der Waals surface area contributed by atoms with Gasteiger partial charge in [-0.05, 0) is 54.4 Å². The standard InChI is InChI=1S/C19H19N3O4S/c23-19(12-7-15-5-1-2-6-18(15)21-24)20-16-8-10-17(11-9-16)27(25,26)22-13-3-4-14-22/h1-2,5-12H,3-4,13-14H2,(H,20,23)/b12-7+. The highest BCUT2D eigenvalue weighted by atomic mass is 32.2. The lowest BCUT2D eigenvalue weighted by atomic mass is 10.1. The Morgan fingerprint density at radius 2 is 1.70 bits per heavy atom. The first kappa shape index (κ1) is 18.9. The first-order valence-corrected chi connectivity index (χ1v) is 9.96. The molecule has 2 aromatic rings. The number of nitroso groups, excluding NO2 is 1. The number of rotatable bonds is 6. The van der Waals surface area contributed by atoms with Gasteiger partial charge >= 0.3 is 0 Å². The fourth-order valence-corrected chi connectivity index (χ4v) is 4.37. The quantitative estimate of drug-likeness (QED) is 0.608. The lowest BCUT2D eigenvalue weighted by molar-refractivity contribution is -0.111. The maximum atomic E-state index is 12.5. The molecule has 1 aliphatic heterocycles. The van der Waals surface area contributed by atoms with Crippen molar-refractivity contribution >= 4 is 33.4 Å². The first-order valence-electron chi connectivity index (χ1n) is 8.52. The van der Waals surface area contributed by atoms with Crippen LogP contribution < -0.4 is 5.32 Å². The van der Waals surface area contributed by atoms with Gasteiger partial charge in [0.1, 0.15) is 5.69 Å². The molecule has 1 heterocycles. The van der Waals surface area contributed by atoms with Gasteiger partial charge in [-0.2, -0.15) is 4.31 Å². The summed E-state index contributed by atoms with van der Waals surface area (Å²) in [6, 6.07) is 12.7. The molecular formula is C19H19N3O4S. The highest BCUT2D eigenvalue weighted by Crippen LogP contribution is 2.22. The molecule has 0 aromatic heterocycles. The van der Waals surface area contributed by atoms with E-state index in [1.807, 2.05) is 0 Å². The van der Waals surface area contributed by atoms with Crippen LogP contribution in [0.2, 0.25) is 0 Å². The van der Waals surface area contributed by atoms with Crippen molar-refractivity contribution in [2.45, 2.75) is 17.7 Å². The van der Waals surface area contributed by atoms with Crippen LogP contribution in [0.4, 0.5) is 11.4 Å². The van der Waals surface area contributed by atoms with Crippen LogP contribution in [0.1, 0.15) is 18.4 Å². The molecule has 0 saturated carbocycles. The Balaban J connectivity index is 1.66. The molecule has 1 saturated heterocycles. The van der Waals surface area contributed by atoms with Crippen LogP contribution in [0.5, 0.6) is 0 Å². The summed E-state index contributed by atoms with van der Waals surface area (Å²) in [5.41, 5.74) is 1.26. The maximum absolute atomic E-state index is 12.5. The van der Waals surface area contributed by atoms with Crippen LogP contribution in [-0.2, 0) is 14.8 Å². The van der Waals surface area contributed by atoms with Gasteiger partial charge in [-0.1, -0.05) is 18.2 Å². The summed E-state index contributed by atoms with van der Waals surface area (Å²) < 4.78 is 26.4. The van der Waals surface area contributed by atoms with E-state index in [1.54, 1.807) is 36.4 Å². The van der Waals surface area contributed by atoms with Gasteiger partial charge in [0.25, 0.3) is 0 Å². The predicted molar refractivity (Wildman–Crippen MR) is 104 cm³/mol. The smallest absolute Gasteiger partial charge is 0.248 e. The Morgan fingerprint density at radius 3 is 2.37 bits per heavy atom. The zero-order valence-corrected chi connectivity index (χ0v) is 15.4. The van der Waals surface area contributed by atoms with Gasteiger partial charge in [-0.15, -0.1) is 4.91 Å². The second-order valence-corrected chi connectivity index (χ2v) is 8.05. The summed E-state index contributed by atoms with van der Waals surface area (Å²) in [4.78, 5) is 23.0. The number of hydrogen-bond acceptors (Lipinski definition) is 5. The molecule has 2 aromatic carbocycles. The highest BCUT2D eigenvalue weighted by Gasteiger charge is 2.26.